The van der Waals surface area contributed by atoms with Crippen molar-refractivity contribution >= 4 is 6.29 Å². The molecule has 7 rings (SSSR count). The Hall–Kier alpha value is -5.94. The zero-order valence-electron chi connectivity index (χ0n) is 24.8. The van der Waals surface area contributed by atoms with Gasteiger partial charge < -0.3 is 0 Å². The van der Waals surface area contributed by atoms with Crippen molar-refractivity contribution in [2.75, 3.05) is 0 Å². The molecule has 5 nitrogen and oxygen atoms in total. The Bertz CT molecular complexity index is 1970. The minimum Gasteiger partial charge on any atom is -0.298 e. The van der Waals surface area contributed by atoms with E-state index in [9.17, 15) is 4.79 Å². The highest BCUT2D eigenvalue weighted by molar-refractivity contribution is 5.82. The van der Waals surface area contributed by atoms with Crippen LogP contribution in [0.3, 0.4) is 0 Å². The zero-order valence-corrected chi connectivity index (χ0v) is 24.8. The van der Waals surface area contributed by atoms with Gasteiger partial charge in [0.25, 0.3) is 0 Å². The second-order valence-electron chi connectivity index (χ2n) is 11.0. The van der Waals surface area contributed by atoms with Crippen molar-refractivity contribution in [1.29, 1.82) is 0 Å². The lowest BCUT2D eigenvalue weighted by Gasteiger charge is -2.36. The van der Waals surface area contributed by atoms with Crippen LogP contribution in [0, 0.1) is 6.92 Å². The molecule has 0 radical (unpaired) electrons. The number of hydrogen-bond donors (Lipinski definition) is 0. The largest absolute Gasteiger partial charge is 0.298 e. The van der Waals surface area contributed by atoms with Gasteiger partial charge in [-0.2, -0.15) is 5.10 Å². The predicted octanol–water partition coefficient (Wildman–Crippen LogP) is 8.64. The summed E-state index contributed by atoms with van der Waals surface area (Å²) in [5, 5.41) is 5.42. The van der Waals surface area contributed by atoms with Crippen LogP contribution >= 0.6 is 0 Å². The highest BCUT2D eigenvalue weighted by atomic mass is 16.1. The molecule has 0 saturated carbocycles. The van der Waals surface area contributed by atoms with E-state index in [1.54, 1.807) is 0 Å². The van der Waals surface area contributed by atoms with Gasteiger partial charge >= 0.3 is 0 Å². The van der Waals surface area contributed by atoms with Gasteiger partial charge in [0, 0.05) is 34.8 Å². The van der Waals surface area contributed by atoms with Crippen molar-refractivity contribution in [1.82, 2.24) is 19.7 Å². The van der Waals surface area contributed by atoms with E-state index < -0.39 is 5.54 Å². The molecule has 0 amide bonds. The van der Waals surface area contributed by atoms with E-state index in [0.717, 1.165) is 62.4 Å². The second-order valence-corrected chi connectivity index (χ2v) is 11.0. The van der Waals surface area contributed by atoms with Crippen LogP contribution in [0.2, 0.25) is 0 Å². The quantitative estimate of drug-likeness (QED) is 0.133. The number of pyridine rings is 2. The Balaban J connectivity index is 1.52. The normalized spacial score (nSPS) is 11.3. The van der Waals surface area contributed by atoms with Crippen LogP contribution in [-0.4, -0.2) is 26.0 Å². The molecular formula is C40H30N4O. The zero-order chi connectivity index (χ0) is 30.6. The third-order valence-electron chi connectivity index (χ3n) is 8.18. The first-order chi connectivity index (χ1) is 22.2. The van der Waals surface area contributed by atoms with Gasteiger partial charge in [0.1, 0.15) is 17.5 Å². The molecule has 4 aromatic carbocycles. The van der Waals surface area contributed by atoms with E-state index in [0.29, 0.717) is 5.56 Å². The summed E-state index contributed by atoms with van der Waals surface area (Å²) in [4.78, 5) is 20.8. The summed E-state index contributed by atoms with van der Waals surface area (Å²) in [5.74, 6) is 0. The number of hydrogen-bond acceptors (Lipinski definition) is 4. The fraction of sp³-hybridized carbons (Fsp3) is 0.0500. The highest BCUT2D eigenvalue weighted by Gasteiger charge is 2.40. The van der Waals surface area contributed by atoms with Crippen LogP contribution < -0.4 is 0 Å². The van der Waals surface area contributed by atoms with Crippen LogP contribution in [0.25, 0.3) is 33.8 Å². The van der Waals surface area contributed by atoms with Crippen molar-refractivity contribution in [3.8, 4) is 33.8 Å². The molecule has 0 N–H and O–H groups in total. The van der Waals surface area contributed by atoms with Gasteiger partial charge in [0.2, 0.25) is 0 Å². The number of rotatable bonds is 8. The molecular weight excluding hydrogens is 552 g/mol. The van der Waals surface area contributed by atoms with Crippen molar-refractivity contribution in [2.24, 2.45) is 0 Å². The number of aldehydes is 1. The monoisotopic (exact) mass is 582 g/mol. The van der Waals surface area contributed by atoms with Gasteiger partial charge in [-0.1, -0.05) is 121 Å². The molecule has 3 heterocycles. The Kier molecular flexibility index (Phi) is 7.42. The minimum absolute atomic E-state index is 0.628. The van der Waals surface area contributed by atoms with Gasteiger partial charge in [-0.15, -0.1) is 0 Å². The van der Waals surface area contributed by atoms with Gasteiger partial charge in [-0.3, -0.25) is 19.4 Å². The van der Waals surface area contributed by atoms with Gasteiger partial charge in [0.15, 0.2) is 0 Å². The maximum absolute atomic E-state index is 11.2. The minimum atomic E-state index is -0.777. The molecule has 5 heteroatoms. The summed E-state index contributed by atoms with van der Waals surface area (Å²) in [6, 6.07) is 49.2. The van der Waals surface area contributed by atoms with Crippen LogP contribution in [-0.2, 0) is 5.54 Å². The molecule has 0 atom stereocenters. The van der Waals surface area contributed by atoms with E-state index in [1.165, 1.54) is 0 Å². The van der Waals surface area contributed by atoms with Crippen molar-refractivity contribution in [2.45, 2.75) is 12.5 Å². The first-order valence-electron chi connectivity index (χ1n) is 14.9. The summed E-state index contributed by atoms with van der Waals surface area (Å²) in [7, 11) is 0. The Morgan fingerprint density at radius 3 is 1.78 bits per heavy atom. The van der Waals surface area contributed by atoms with Crippen molar-refractivity contribution in [3.63, 3.8) is 0 Å². The van der Waals surface area contributed by atoms with Gasteiger partial charge in [0.05, 0.1) is 11.4 Å². The van der Waals surface area contributed by atoms with Crippen molar-refractivity contribution in [3.05, 3.63) is 186 Å². The molecule has 0 aliphatic rings. The summed E-state index contributed by atoms with van der Waals surface area (Å²) in [6.45, 7) is 2.00. The third-order valence-corrected chi connectivity index (χ3v) is 8.18. The van der Waals surface area contributed by atoms with E-state index in [2.05, 4.69) is 94.7 Å². The Labute approximate surface area is 262 Å². The summed E-state index contributed by atoms with van der Waals surface area (Å²) >= 11 is 0. The number of benzene rings is 4. The smallest absolute Gasteiger partial charge is 0.150 e. The van der Waals surface area contributed by atoms with Crippen LogP contribution in [0.15, 0.2) is 158 Å². The number of carbonyl (C=O) groups excluding carboxylic acids is 1. The van der Waals surface area contributed by atoms with Crippen molar-refractivity contribution < 1.29 is 4.79 Å². The second kappa shape index (κ2) is 12.0. The Morgan fingerprint density at radius 2 is 1.22 bits per heavy atom. The predicted molar refractivity (Wildman–Crippen MR) is 179 cm³/mol. The fourth-order valence-corrected chi connectivity index (χ4v) is 6.04. The number of carbonyl (C=O) groups is 1. The first-order valence-corrected chi connectivity index (χ1v) is 14.9. The molecule has 0 unspecified atom stereocenters. The van der Waals surface area contributed by atoms with Gasteiger partial charge in [-0.05, 0) is 53.4 Å². The van der Waals surface area contributed by atoms with Crippen LogP contribution in [0.4, 0.5) is 0 Å². The number of aromatic nitrogens is 4. The number of nitrogens with zero attached hydrogens (tertiary/aromatic N) is 4. The molecule has 0 fully saturated rings. The SMILES string of the molecule is Cc1cccc(-c2nn(C(c3ccccc3)(c3ccccc3)c3ccccc3)cc2-c2ccnc(-c3ccc(C=O)cc3)c2)n1. The standard InChI is InChI=1S/C40H30N4O/c1-29-12-11-19-37(42-29)39-36(32-24-25-41-38(26-32)31-22-20-30(28-45)21-23-31)27-44(43-39)40(33-13-5-2-6-14-33,34-15-7-3-8-16-34)35-17-9-4-10-18-35/h2-28H,1H3. The molecule has 45 heavy (non-hydrogen) atoms. The summed E-state index contributed by atoms with van der Waals surface area (Å²) < 4.78 is 2.10. The molecule has 0 aliphatic heterocycles. The third kappa shape index (κ3) is 5.15. The lowest BCUT2D eigenvalue weighted by atomic mass is 9.77. The van der Waals surface area contributed by atoms with E-state index in [4.69, 9.17) is 10.1 Å². The average molecular weight is 583 g/mol. The fourth-order valence-electron chi connectivity index (χ4n) is 6.04. The Morgan fingerprint density at radius 1 is 0.622 bits per heavy atom. The molecule has 7 aromatic rings. The number of aryl methyl sites for hydroxylation is 1. The molecule has 3 aromatic heterocycles. The van der Waals surface area contributed by atoms with E-state index in [-0.39, 0.29) is 0 Å². The molecule has 216 valence electrons. The molecule has 0 aliphatic carbocycles. The molecule has 0 bridgehead atoms. The summed E-state index contributed by atoms with van der Waals surface area (Å²) in [6.07, 6.45) is 4.81. The lowest BCUT2D eigenvalue weighted by molar-refractivity contribution is 0.112. The molecule has 0 saturated heterocycles. The highest BCUT2D eigenvalue weighted by Crippen LogP contribution is 2.43. The van der Waals surface area contributed by atoms with Crippen LogP contribution in [0.5, 0.6) is 0 Å². The first kappa shape index (κ1) is 27.9. The summed E-state index contributed by atoms with van der Waals surface area (Å²) in [5.41, 5.74) is 9.24. The van der Waals surface area contributed by atoms with E-state index in [1.807, 2.05) is 79.9 Å². The average Bonchev–Trinajstić information content (AvgIpc) is 3.56. The van der Waals surface area contributed by atoms with E-state index >= 15 is 0 Å². The van der Waals surface area contributed by atoms with Crippen LogP contribution in [0.1, 0.15) is 32.7 Å². The van der Waals surface area contributed by atoms with Gasteiger partial charge in [-0.25, -0.2) is 0 Å². The maximum atomic E-state index is 11.2. The lowest BCUT2D eigenvalue weighted by Crippen LogP contribution is -2.38. The molecule has 0 spiro atoms. The maximum Gasteiger partial charge on any atom is 0.150 e. The topological polar surface area (TPSA) is 60.7 Å².